The second kappa shape index (κ2) is 5.85. The molecule has 1 aliphatic heterocycles. The molecular weight excluding hydrogens is 306 g/mol. The number of thioether (sulfide) groups is 1. The molecule has 0 radical (unpaired) electrons. The van der Waals surface area contributed by atoms with Crippen molar-refractivity contribution in [3.63, 3.8) is 0 Å². The molecule has 2 atom stereocenters. The summed E-state index contributed by atoms with van der Waals surface area (Å²) < 4.78 is 31.0. The Kier molecular flexibility index (Phi) is 4.32. The molecule has 21 heavy (non-hydrogen) atoms. The molecule has 2 N–H and O–H groups in total. The van der Waals surface area contributed by atoms with E-state index in [1.54, 1.807) is 0 Å². The first-order chi connectivity index (χ1) is 9.90. The van der Waals surface area contributed by atoms with Crippen LogP contribution < -0.4 is 11.2 Å². The Labute approximate surface area is 121 Å². The molecular formula is C12H10F2N2O4S. The van der Waals surface area contributed by atoms with E-state index in [9.17, 15) is 23.5 Å². The standard InChI is InChI=1S/C12H10F2N2O4S/c1-2-12(6-17)4-3-8(20-12)16-5-7(21-10(13)14)9(18)15-11(16)19/h1,3-5,8,10,17H,6H2,(H,15,18,19)/t8-,12+/m1/s1. The Morgan fingerprint density at radius 2 is 2.33 bits per heavy atom. The number of terminal acetylenes is 1. The number of hydrogen-bond donors (Lipinski definition) is 2. The fourth-order valence-electron chi connectivity index (χ4n) is 1.73. The highest BCUT2D eigenvalue weighted by atomic mass is 32.2. The quantitative estimate of drug-likeness (QED) is 0.474. The first-order valence-corrected chi connectivity index (χ1v) is 6.55. The summed E-state index contributed by atoms with van der Waals surface area (Å²) in [5.41, 5.74) is -3.12. The zero-order valence-electron chi connectivity index (χ0n) is 10.5. The molecule has 2 rings (SSSR count). The van der Waals surface area contributed by atoms with Gasteiger partial charge in [0.05, 0.1) is 11.5 Å². The summed E-state index contributed by atoms with van der Waals surface area (Å²) >= 11 is 0.0120. The van der Waals surface area contributed by atoms with Crippen LogP contribution in [0.2, 0.25) is 0 Å². The highest BCUT2D eigenvalue weighted by Crippen LogP contribution is 2.29. The number of H-pyrrole nitrogens is 1. The number of halogens is 2. The van der Waals surface area contributed by atoms with E-state index in [-0.39, 0.29) is 16.7 Å². The first-order valence-electron chi connectivity index (χ1n) is 5.67. The Bertz CT molecular complexity index is 721. The Morgan fingerprint density at radius 3 is 2.86 bits per heavy atom. The van der Waals surface area contributed by atoms with Gasteiger partial charge in [0, 0.05) is 6.20 Å². The molecule has 0 aliphatic carbocycles. The van der Waals surface area contributed by atoms with E-state index in [2.05, 4.69) is 5.92 Å². The third-order valence-corrected chi connectivity index (χ3v) is 3.49. The number of aromatic amines is 1. The van der Waals surface area contributed by atoms with Crippen LogP contribution in [0.25, 0.3) is 0 Å². The van der Waals surface area contributed by atoms with E-state index >= 15 is 0 Å². The van der Waals surface area contributed by atoms with E-state index in [1.807, 2.05) is 4.98 Å². The molecule has 0 saturated heterocycles. The second-order valence-corrected chi connectivity index (χ2v) is 5.13. The van der Waals surface area contributed by atoms with Crippen molar-refractivity contribution in [2.24, 2.45) is 0 Å². The minimum atomic E-state index is -2.81. The number of nitrogens with zero attached hydrogens (tertiary/aromatic N) is 1. The van der Waals surface area contributed by atoms with Gasteiger partial charge in [0.25, 0.3) is 11.3 Å². The Morgan fingerprint density at radius 1 is 1.62 bits per heavy atom. The zero-order chi connectivity index (χ0) is 15.6. The van der Waals surface area contributed by atoms with Crippen molar-refractivity contribution in [3.05, 3.63) is 39.2 Å². The molecule has 0 saturated carbocycles. The lowest BCUT2D eigenvalue weighted by Crippen LogP contribution is -2.36. The van der Waals surface area contributed by atoms with Gasteiger partial charge in [0.2, 0.25) is 0 Å². The monoisotopic (exact) mass is 316 g/mol. The molecule has 9 heteroatoms. The van der Waals surface area contributed by atoms with Crippen LogP contribution in [0.5, 0.6) is 0 Å². The number of aromatic nitrogens is 2. The Hall–Kier alpha value is -1.89. The maximum Gasteiger partial charge on any atom is 0.330 e. The van der Waals surface area contributed by atoms with E-state index in [1.165, 1.54) is 12.2 Å². The predicted octanol–water partition coefficient (Wildman–Crippen LogP) is 0.301. The normalized spacial score (nSPS) is 24.4. The smallest absolute Gasteiger partial charge is 0.330 e. The molecule has 0 aromatic carbocycles. The van der Waals surface area contributed by atoms with Crippen molar-refractivity contribution in [2.75, 3.05) is 6.61 Å². The van der Waals surface area contributed by atoms with Gasteiger partial charge in [0.1, 0.15) is 0 Å². The summed E-state index contributed by atoms with van der Waals surface area (Å²) in [7, 11) is 0. The maximum atomic E-state index is 12.4. The molecule has 0 unspecified atom stereocenters. The number of hydrogen-bond acceptors (Lipinski definition) is 5. The summed E-state index contributed by atoms with van der Waals surface area (Å²) in [6.45, 7) is -0.507. The molecule has 1 aromatic heterocycles. The van der Waals surface area contributed by atoms with Crippen LogP contribution in [0, 0.1) is 12.3 Å². The van der Waals surface area contributed by atoms with Crippen molar-refractivity contribution in [2.45, 2.75) is 22.5 Å². The summed E-state index contributed by atoms with van der Waals surface area (Å²) in [4.78, 5) is 24.8. The van der Waals surface area contributed by atoms with Gasteiger partial charge in [-0.15, -0.1) is 6.42 Å². The summed E-state index contributed by atoms with van der Waals surface area (Å²) in [6.07, 6.45) is 7.99. The van der Waals surface area contributed by atoms with E-state index in [0.717, 1.165) is 10.8 Å². The van der Waals surface area contributed by atoms with Crippen LogP contribution in [0.4, 0.5) is 8.78 Å². The van der Waals surface area contributed by atoms with E-state index in [0.29, 0.717) is 0 Å². The number of ether oxygens (including phenoxy) is 1. The minimum Gasteiger partial charge on any atom is -0.392 e. The van der Waals surface area contributed by atoms with Gasteiger partial charge >= 0.3 is 5.69 Å². The molecule has 1 aromatic rings. The van der Waals surface area contributed by atoms with Crippen LogP contribution in [0.15, 0.2) is 32.8 Å². The molecule has 0 bridgehead atoms. The highest BCUT2D eigenvalue weighted by Gasteiger charge is 2.34. The molecule has 0 spiro atoms. The topological polar surface area (TPSA) is 84.3 Å². The lowest BCUT2D eigenvalue weighted by Gasteiger charge is -2.22. The number of nitrogens with one attached hydrogen (secondary N) is 1. The fraction of sp³-hybridized carbons (Fsp3) is 0.333. The third-order valence-electron chi connectivity index (χ3n) is 2.77. The van der Waals surface area contributed by atoms with Gasteiger partial charge in [-0.25, -0.2) is 4.79 Å². The summed E-state index contributed by atoms with van der Waals surface area (Å²) in [5, 5.41) is 9.20. The van der Waals surface area contributed by atoms with Crippen LogP contribution >= 0.6 is 11.8 Å². The van der Waals surface area contributed by atoms with Crippen molar-refractivity contribution >= 4 is 11.8 Å². The molecule has 2 heterocycles. The van der Waals surface area contributed by atoms with E-state index < -0.39 is 35.4 Å². The molecule has 1 aliphatic rings. The highest BCUT2D eigenvalue weighted by molar-refractivity contribution is 7.99. The maximum absolute atomic E-state index is 12.4. The summed E-state index contributed by atoms with van der Waals surface area (Å²) in [6, 6.07) is 0. The van der Waals surface area contributed by atoms with Crippen LogP contribution in [-0.4, -0.2) is 32.6 Å². The van der Waals surface area contributed by atoms with Crippen LogP contribution in [0.3, 0.4) is 0 Å². The van der Waals surface area contributed by atoms with Crippen molar-refractivity contribution in [1.82, 2.24) is 9.55 Å². The van der Waals surface area contributed by atoms with Gasteiger partial charge < -0.3 is 9.84 Å². The first kappa shape index (κ1) is 15.5. The van der Waals surface area contributed by atoms with Crippen molar-refractivity contribution in [3.8, 4) is 12.3 Å². The number of alkyl halides is 2. The second-order valence-electron chi connectivity index (χ2n) is 4.10. The van der Waals surface area contributed by atoms with Gasteiger partial charge in [-0.3, -0.25) is 14.3 Å². The van der Waals surface area contributed by atoms with Gasteiger partial charge in [-0.2, -0.15) is 8.78 Å². The summed E-state index contributed by atoms with van der Waals surface area (Å²) in [5.74, 6) is -0.573. The predicted molar refractivity (Wildman–Crippen MR) is 71.1 cm³/mol. The fourth-order valence-corrected chi connectivity index (χ4v) is 2.26. The minimum absolute atomic E-state index is 0.0120. The van der Waals surface area contributed by atoms with Gasteiger partial charge in [-0.1, -0.05) is 5.92 Å². The van der Waals surface area contributed by atoms with Gasteiger partial charge in [-0.05, 0) is 23.9 Å². The molecule has 6 nitrogen and oxygen atoms in total. The number of aliphatic hydroxyl groups is 1. The lowest BCUT2D eigenvalue weighted by atomic mass is 10.1. The van der Waals surface area contributed by atoms with Crippen molar-refractivity contribution < 1.29 is 18.6 Å². The van der Waals surface area contributed by atoms with Crippen LogP contribution in [0.1, 0.15) is 6.23 Å². The zero-order valence-corrected chi connectivity index (χ0v) is 11.3. The largest absolute Gasteiger partial charge is 0.392 e. The molecule has 112 valence electrons. The Balaban J connectivity index is 2.38. The average Bonchev–Trinajstić information content (AvgIpc) is 2.86. The SMILES string of the molecule is C#C[C@@]1(CO)C=C[C@H](n2cc(SC(F)F)c(=O)[nH]c2=O)O1. The average molecular weight is 316 g/mol. The lowest BCUT2D eigenvalue weighted by molar-refractivity contribution is -0.0505. The van der Waals surface area contributed by atoms with E-state index in [4.69, 9.17) is 11.2 Å². The van der Waals surface area contributed by atoms with Crippen LogP contribution in [-0.2, 0) is 4.74 Å². The number of rotatable bonds is 4. The molecule has 0 fully saturated rings. The third kappa shape index (κ3) is 3.07. The van der Waals surface area contributed by atoms with Gasteiger partial charge in [0.15, 0.2) is 11.8 Å². The number of aliphatic hydroxyl groups excluding tert-OH is 1. The molecule has 0 amide bonds. The van der Waals surface area contributed by atoms with Crippen molar-refractivity contribution in [1.29, 1.82) is 0 Å².